The van der Waals surface area contributed by atoms with Gasteiger partial charge in [0.1, 0.15) is 71.5 Å². The zero-order valence-corrected chi connectivity index (χ0v) is 47.0. The summed E-state index contributed by atoms with van der Waals surface area (Å²) in [7, 11) is 4.17. The lowest BCUT2D eigenvalue weighted by molar-refractivity contribution is -0.141. The average Bonchev–Trinajstić information content (AvgIpc) is 4.40. The number of rotatable bonds is 25. The smallest absolute Gasteiger partial charge is 0.412 e. The molecular formula is C49H47N13O11S6. The van der Waals surface area contributed by atoms with Gasteiger partial charge in [-0.25, -0.2) is 39.7 Å². The monoisotopic (exact) mass is 1190 g/mol. The lowest BCUT2D eigenvalue weighted by Gasteiger charge is -2.23. The minimum atomic E-state index is -1.27. The number of pyridine rings is 1. The summed E-state index contributed by atoms with van der Waals surface area (Å²) in [4.78, 5) is 121. The fourth-order valence-corrected chi connectivity index (χ4v) is 12.3. The van der Waals surface area contributed by atoms with Crippen LogP contribution in [-0.4, -0.2) is 117 Å². The number of ether oxygens (including phenoxy) is 3. The van der Waals surface area contributed by atoms with Crippen molar-refractivity contribution >= 4 is 121 Å². The van der Waals surface area contributed by atoms with E-state index in [4.69, 9.17) is 24.4 Å². The molecule has 8 rings (SSSR count). The van der Waals surface area contributed by atoms with Gasteiger partial charge in [0.25, 0.3) is 11.8 Å². The third-order valence-corrected chi connectivity index (χ3v) is 16.6. The molecule has 7 N–H and O–H groups in total. The molecule has 410 valence electrons. The highest BCUT2D eigenvalue weighted by atomic mass is 32.1. The first-order chi connectivity index (χ1) is 38.2. The van der Waals surface area contributed by atoms with Crippen LogP contribution in [0.25, 0.3) is 43.4 Å². The Bertz CT molecular complexity index is 3450. The maximum Gasteiger partial charge on any atom is 0.412 e. The van der Waals surface area contributed by atoms with Gasteiger partial charge in [0.2, 0.25) is 18.2 Å². The summed E-state index contributed by atoms with van der Waals surface area (Å²) in [5.74, 6) is -2.54. The van der Waals surface area contributed by atoms with E-state index in [1.54, 1.807) is 60.3 Å². The maximum atomic E-state index is 13.8. The molecule has 8 aromatic rings. The number of amides is 6. The fourth-order valence-electron chi connectivity index (χ4n) is 7.32. The highest BCUT2D eigenvalue weighted by molar-refractivity contribution is 7.16. The van der Waals surface area contributed by atoms with Crippen molar-refractivity contribution in [2.45, 2.75) is 51.0 Å². The molecule has 0 radical (unpaired) electrons. The summed E-state index contributed by atoms with van der Waals surface area (Å²) in [6.07, 6.45) is 0.458. The molecule has 1 aromatic carbocycles. The van der Waals surface area contributed by atoms with Crippen LogP contribution >= 0.6 is 68.0 Å². The molecule has 6 amide bonds. The standard InChI is InChI=1S/C49H47N13O11S6/c1-24-36(60-46(78-24)28(53-23-63)17-33(64)50-2)42(69)62-48-61-38(31(79-48)19-71-3)41(68)52-18-34(65)59-39(40(67)25-9-6-5-7-10-25)47-56-30(21-76-47)45-55-29(20-75-45)37-26(43-51-14-16-74-43)12-13-27(54-37)44-57-32(22-77-44)58-49(70)73-15-8-11-35(66)72-4/h5-7,9-10,12-14,16,20-23,28,39-40,67H,8,11,15,17-19H2,1-4H3,(H,50,64)(H,52,68)(H,53,63)(H,58,70)(H,59,65)(H,61,62,69)/t28-,39-,40-/m0/s1. The van der Waals surface area contributed by atoms with Crippen molar-refractivity contribution in [2.75, 3.05) is 45.1 Å². The van der Waals surface area contributed by atoms with E-state index in [2.05, 4.69) is 56.6 Å². The molecule has 24 nitrogen and oxygen atoms in total. The van der Waals surface area contributed by atoms with Gasteiger partial charge in [0.05, 0.1) is 49.9 Å². The second-order valence-electron chi connectivity index (χ2n) is 16.4. The average molecular weight is 1190 g/mol. The number of hydrogen-bond acceptors (Lipinski definition) is 24. The minimum absolute atomic E-state index is 0.0163. The summed E-state index contributed by atoms with van der Waals surface area (Å²) in [5.41, 5.74) is 3.14. The predicted molar refractivity (Wildman–Crippen MR) is 298 cm³/mol. The molecule has 0 fully saturated rings. The molecule has 0 unspecified atom stereocenters. The molecule has 0 saturated heterocycles. The van der Waals surface area contributed by atoms with Crippen molar-refractivity contribution in [1.29, 1.82) is 0 Å². The van der Waals surface area contributed by atoms with Crippen molar-refractivity contribution in [3.05, 3.63) is 107 Å². The van der Waals surface area contributed by atoms with Gasteiger partial charge < -0.3 is 40.6 Å². The molecule has 0 aliphatic rings. The zero-order chi connectivity index (χ0) is 56.0. The summed E-state index contributed by atoms with van der Waals surface area (Å²) < 4.78 is 15.1. The third kappa shape index (κ3) is 14.7. The van der Waals surface area contributed by atoms with E-state index >= 15 is 0 Å². The van der Waals surface area contributed by atoms with Crippen molar-refractivity contribution in [3.8, 4) is 43.4 Å². The Balaban J connectivity index is 0.961. The van der Waals surface area contributed by atoms with Crippen LogP contribution in [0.5, 0.6) is 0 Å². The first-order valence-electron chi connectivity index (χ1n) is 23.5. The van der Waals surface area contributed by atoms with Gasteiger partial charge in [-0.1, -0.05) is 41.7 Å². The topological polar surface area (TPSA) is 330 Å². The van der Waals surface area contributed by atoms with E-state index in [1.165, 1.54) is 66.6 Å². The van der Waals surface area contributed by atoms with Gasteiger partial charge in [-0.3, -0.25) is 39.4 Å². The fraction of sp³-hybridized carbons (Fsp3) is 0.265. The first kappa shape index (κ1) is 57.3. The number of aryl methyl sites for hydroxylation is 1. The number of aromatic nitrogens is 7. The molecule has 0 aliphatic carbocycles. The van der Waals surface area contributed by atoms with Crippen LogP contribution in [0.2, 0.25) is 0 Å². The number of aliphatic hydroxyl groups is 1. The minimum Gasteiger partial charge on any atom is -0.469 e. The number of methoxy groups -OCH3 is 2. The van der Waals surface area contributed by atoms with E-state index in [1.807, 2.05) is 16.8 Å². The number of carbonyl (C=O) groups is 7. The molecular weight excluding hydrogens is 1140 g/mol. The van der Waals surface area contributed by atoms with Gasteiger partial charge in [-0.2, -0.15) is 0 Å². The highest BCUT2D eigenvalue weighted by Crippen LogP contribution is 2.39. The quantitative estimate of drug-likeness (QED) is 0.0173. The lowest BCUT2D eigenvalue weighted by atomic mass is 10.0. The van der Waals surface area contributed by atoms with Crippen LogP contribution in [-0.2, 0) is 40.0 Å². The molecule has 0 aliphatic heterocycles. The Morgan fingerprint density at radius 1 is 0.772 bits per heavy atom. The number of thiazole rings is 6. The summed E-state index contributed by atoms with van der Waals surface area (Å²) in [5, 5.41) is 37.1. The maximum absolute atomic E-state index is 13.8. The molecule has 7 heterocycles. The number of nitrogens with one attached hydrogen (secondary N) is 6. The van der Waals surface area contributed by atoms with E-state index in [-0.39, 0.29) is 54.3 Å². The van der Waals surface area contributed by atoms with Crippen molar-refractivity contribution in [2.24, 2.45) is 0 Å². The normalized spacial score (nSPS) is 12.2. The van der Waals surface area contributed by atoms with Crippen molar-refractivity contribution in [3.63, 3.8) is 0 Å². The van der Waals surface area contributed by atoms with Gasteiger partial charge in [0, 0.05) is 58.7 Å². The van der Waals surface area contributed by atoms with Crippen molar-refractivity contribution in [1.82, 2.24) is 56.2 Å². The van der Waals surface area contributed by atoms with E-state index in [0.29, 0.717) is 76.0 Å². The van der Waals surface area contributed by atoms with E-state index < -0.39 is 54.5 Å². The number of aliphatic hydroxyl groups excluding tert-OH is 1. The van der Waals surface area contributed by atoms with Crippen molar-refractivity contribution < 1.29 is 52.9 Å². The molecule has 7 aromatic heterocycles. The lowest BCUT2D eigenvalue weighted by Crippen LogP contribution is -2.40. The van der Waals surface area contributed by atoms with Crippen LogP contribution in [0.15, 0.2) is 70.2 Å². The highest BCUT2D eigenvalue weighted by Gasteiger charge is 2.30. The number of esters is 1. The summed E-state index contributed by atoms with van der Waals surface area (Å²) in [6.45, 7) is 1.09. The van der Waals surface area contributed by atoms with Gasteiger partial charge in [-0.15, -0.1) is 56.7 Å². The van der Waals surface area contributed by atoms with E-state index in [9.17, 15) is 38.7 Å². The molecule has 3 atom stereocenters. The zero-order valence-electron chi connectivity index (χ0n) is 42.1. The number of nitrogens with zero attached hydrogens (tertiary/aromatic N) is 7. The summed E-state index contributed by atoms with van der Waals surface area (Å²) in [6, 6.07) is 10.5. The Hall–Kier alpha value is -7.84. The molecule has 0 spiro atoms. The second kappa shape index (κ2) is 27.2. The molecule has 0 saturated carbocycles. The number of hydrogen-bond donors (Lipinski definition) is 7. The van der Waals surface area contributed by atoms with E-state index in [0.717, 1.165) is 28.2 Å². The van der Waals surface area contributed by atoms with Crippen LogP contribution < -0.4 is 31.9 Å². The summed E-state index contributed by atoms with van der Waals surface area (Å²) >= 11 is 7.30. The Labute approximate surface area is 473 Å². The number of anilines is 2. The van der Waals surface area contributed by atoms with Crippen LogP contribution in [0.4, 0.5) is 15.7 Å². The number of benzene rings is 1. The second-order valence-corrected chi connectivity index (χ2v) is 22.3. The largest absolute Gasteiger partial charge is 0.469 e. The molecule has 0 bridgehead atoms. The van der Waals surface area contributed by atoms with Gasteiger partial charge in [-0.05, 0) is 31.0 Å². The van der Waals surface area contributed by atoms with Crippen LogP contribution in [0, 0.1) is 6.92 Å². The Kier molecular flexibility index (Phi) is 19.7. The number of carbonyl (C=O) groups excluding carboxylic acids is 7. The van der Waals surface area contributed by atoms with Crippen LogP contribution in [0.3, 0.4) is 0 Å². The Morgan fingerprint density at radius 3 is 2.30 bits per heavy atom. The van der Waals surface area contributed by atoms with Crippen LogP contribution in [0.1, 0.15) is 83.8 Å². The third-order valence-electron chi connectivity index (χ3n) is 11.1. The molecule has 30 heteroatoms. The van der Waals surface area contributed by atoms with Gasteiger partial charge >= 0.3 is 12.1 Å². The SMILES string of the molecule is CNC(=O)C[C@H](NC=O)c1nc(C(=O)Nc2nc(C(=O)NCC(=O)N[C@H](c3nc(-c4nc(-c5nc(-c6nc(NC(=O)OCCCC(=O)OC)cs6)ccc5-c5nccs5)cs4)cs3)[C@@H](O)c3ccccc3)c(COC)s2)c(C)s1. The predicted octanol–water partition coefficient (Wildman–Crippen LogP) is 6.94. The molecule has 79 heavy (non-hydrogen) atoms. The van der Waals surface area contributed by atoms with Gasteiger partial charge in [0.15, 0.2) is 5.13 Å². The Morgan fingerprint density at radius 2 is 1.56 bits per heavy atom. The first-order valence-corrected chi connectivity index (χ1v) is 28.7.